The van der Waals surface area contributed by atoms with Crippen molar-refractivity contribution in [2.75, 3.05) is 0 Å². The SMILES string of the molecule is Cc1cc(-n2c(C(C)C)c(C[C@H](F)C(=O)O)c3nc4[nH]ncc4cc32)ccc1F. The minimum Gasteiger partial charge on any atom is -0.479 e. The van der Waals surface area contributed by atoms with Crippen molar-refractivity contribution in [3.63, 3.8) is 0 Å². The summed E-state index contributed by atoms with van der Waals surface area (Å²) in [6.07, 6.45) is -0.723. The number of hydrogen-bond acceptors (Lipinski definition) is 3. The zero-order valence-corrected chi connectivity index (χ0v) is 16.2. The lowest BCUT2D eigenvalue weighted by Crippen LogP contribution is -2.18. The number of hydrogen-bond donors (Lipinski definition) is 2. The van der Waals surface area contributed by atoms with Crippen LogP contribution in [0, 0.1) is 12.7 Å². The summed E-state index contributed by atoms with van der Waals surface area (Å²) in [6, 6.07) is 6.64. The quantitative estimate of drug-likeness (QED) is 0.521. The van der Waals surface area contributed by atoms with E-state index in [-0.39, 0.29) is 18.2 Å². The number of nitrogens with zero attached hydrogens (tertiary/aromatic N) is 3. The molecule has 0 aliphatic heterocycles. The molecule has 4 aromatic rings. The second-order valence-corrected chi connectivity index (χ2v) is 7.46. The minimum absolute atomic E-state index is 0.0537. The molecule has 0 saturated carbocycles. The molecule has 1 atom stereocenters. The topological polar surface area (TPSA) is 83.8 Å². The Bertz CT molecular complexity index is 1240. The number of aliphatic carboxylic acids is 1. The average Bonchev–Trinajstić information content (AvgIpc) is 3.24. The molecule has 0 unspecified atom stereocenters. The van der Waals surface area contributed by atoms with Gasteiger partial charge < -0.3 is 9.67 Å². The number of nitrogens with one attached hydrogen (secondary N) is 1. The van der Waals surface area contributed by atoms with Crippen molar-refractivity contribution in [1.29, 1.82) is 0 Å². The highest BCUT2D eigenvalue weighted by molar-refractivity contribution is 5.93. The number of aromatic amines is 1. The summed E-state index contributed by atoms with van der Waals surface area (Å²) >= 11 is 0. The van der Waals surface area contributed by atoms with E-state index in [1.807, 2.05) is 24.5 Å². The van der Waals surface area contributed by atoms with Gasteiger partial charge in [0, 0.05) is 28.8 Å². The van der Waals surface area contributed by atoms with E-state index in [9.17, 15) is 13.6 Å². The monoisotopic (exact) mass is 398 g/mol. The van der Waals surface area contributed by atoms with Gasteiger partial charge in [-0.3, -0.25) is 5.10 Å². The van der Waals surface area contributed by atoms with Crippen LogP contribution in [0.25, 0.3) is 27.8 Å². The lowest BCUT2D eigenvalue weighted by Gasteiger charge is -2.16. The van der Waals surface area contributed by atoms with E-state index in [1.54, 1.807) is 25.3 Å². The third-order valence-corrected chi connectivity index (χ3v) is 5.08. The second-order valence-electron chi connectivity index (χ2n) is 7.46. The number of carboxylic acids is 1. The van der Waals surface area contributed by atoms with E-state index in [0.29, 0.717) is 33.5 Å². The average molecular weight is 398 g/mol. The standard InChI is InChI=1S/C21H20F2N4O2/c1-10(2)19-14(8-16(23)21(28)29)18-17(7-12-9-24-26-20(12)25-18)27(19)13-4-5-15(22)11(3)6-13/h4-7,9-10,16H,8H2,1-3H3,(H,28,29)(H,24,25,26)/t16-/m0/s1. The van der Waals surface area contributed by atoms with E-state index in [2.05, 4.69) is 15.2 Å². The molecule has 0 aliphatic rings. The molecule has 0 aliphatic carbocycles. The van der Waals surface area contributed by atoms with E-state index in [4.69, 9.17) is 5.11 Å². The van der Waals surface area contributed by atoms with Crippen molar-refractivity contribution < 1.29 is 18.7 Å². The van der Waals surface area contributed by atoms with Gasteiger partial charge in [0.1, 0.15) is 5.82 Å². The van der Waals surface area contributed by atoms with Crippen molar-refractivity contribution in [2.24, 2.45) is 0 Å². The normalized spacial score (nSPS) is 12.9. The molecule has 4 rings (SSSR count). The molecule has 150 valence electrons. The summed E-state index contributed by atoms with van der Waals surface area (Å²) in [7, 11) is 0. The van der Waals surface area contributed by atoms with E-state index < -0.39 is 12.1 Å². The summed E-state index contributed by atoms with van der Waals surface area (Å²) in [5.74, 6) is -1.88. The Morgan fingerprint density at radius 3 is 2.72 bits per heavy atom. The number of pyridine rings is 1. The van der Waals surface area contributed by atoms with Crippen LogP contribution in [0.1, 0.15) is 36.6 Å². The third kappa shape index (κ3) is 3.14. The van der Waals surface area contributed by atoms with Gasteiger partial charge in [-0.05, 0) is 42.7 Å². The van der Waals surface area contributed by atoms with Crippen LogP contribution in [0.5, 0.6) is 0 Å². The molecule has 0 bridgehead atoms. The maximum atomic E-state index is 14.3. The highest BCUT2D eigenvalue weighted by Gasteiger charge is 2.27. The first-order valence-corrected chi connectivity index (χ1v) is 9.28. The lowest BCUT2D eigenvalue weighted by atomic mass is 10.0. The zero-order valence-electron chi connectivity index (χ0n) is 16.2. The van der Waals surface area contributed by atoms with Gasteiger partial charge in [-0.1, -0.05) is 13.8 Å². The Kier molecular flexibility index (Phi) is 4.56. The second kappa shape index (κ2) is 6.95. The molecule has 8 heteroatoms. The molecule has 3 heterocycles. The number of H-pyrrole nitrogens is 1. The van der Waals surface area contributed by atoms with Gasteiger partial charge in [-0.2, -0.15) is 5.10 Å². The molecule has 2 N–H and O–H groups in total. The van der Waals surface area contributed by atoms with Gasteiger partial charge in [-0.15, -0.1) is 0 Å². The first-order chi connectivity index (χ1) is 13.8. The summed E-state index contributed by atoms with van der Waals surface area (Å²) in [6.45, 7) is 5.58. The fraction of sp³-hybridized carbons (Fsp3) is 0.286. The highest BCUT2D eigenvalue weighted by atomic mass is 19.1. The molecule has 29 heavy (non-hydrogen) atoms. The molecule has 6 nitrogen and oxygen atoms in total. The zero-order chi connectivity index (χ0) is 20.9. The summed E-state index contributed by atoms with van der Waals surface area (Å²) in [5, 5.41) is 16.7. The van der Waals surface area contributed by atoms with Crippen LogP contribution in [0.4, 0.5) is 8.78 Å². The number of rotatable bonds is 5. The van der Waals surface area contributed by atoms with Crippen LogP contribution in [0.3, 0.4) is 0 Å². The van der Waals surface area contributed by atoms with Gasteiger partial charge in [0.2, 0.25) is 6.17 Å². The van der Waals surface area contributed by atoms with Crippen LogP contribution in [0.15, 0.2) is 30.5 Å². The van der Waals surface area contributed by atoms with E-state index in [0.717, 1.165) is 11.1 Å². The van der Waals surface area contributed by atoms with Crippen molar-refractivity contribution in [1.82, 2.24) is 19.7 Å². The number of carbonyl (C=O) groups is 1. The van der Waals surface area contributed by atoms with Crippen LogP contribution >= 0.6 is 0 Å². The van der Waals surface area contributed by atoms with Gasteiger partial charge in [0.25, 0.3) is 0 Å². The number of aryl methyl sites for hydroxylation is 1. The number of benzene rings is 1. The fourth-order valence-electron chi connectivity index (χ4n) is 3.77. The van der Waals surface area contributed by atoms with Gasteiger partial charge >= 0.3 is 5.97 Å². The van der Waals surface area contributed by atoms with Crippen LogP contribution in [-0.2, 0) is 11.2 Å². The van der Waals surface area contributed by atoms with Gasteiger partial charge in [-0.25, -0.2) is 18.6 Å². The first kappa shape index (κ1) is 19.0. The smallest absolute Gasteiger partial charge is 0.338 e. The Morgan fingerprint density at radius 2 is 2.07 bits per heavy atom. The number of carboxylic acid groups (broad SMARTS) is 1. The molecular weight excluding hydrogens is 378 g/mol. The number of aromatic nitrogens is 4. The Labute approximate surface area is 165 Å². The molecular formula is C21H20F2N4O2. The van der Waals surface area contributed by atoms with Crippen molar-refractivity contribution in [3.05, 3.63) is 53.1 Å². The number of fused-ring (bicyclic) bond motifs is 2. The molecule has 0 amide bonds. The molecule has 0 saturated heterocycles. The van der Waals surface area contributed by atoms with Crippen molar-refractivity contribution in [2.45, 2.75) is 39.3 Å². The summed E-state index contributed by atoms with van der Waals surface area (Å²) in [5.41, 5.74) is 4.21. The Morgan fingerprint density at radius 1 is 1.31 bits per heavy atom. The van der Waals surface area contributed by atoms with Crippen LogP contribution in [0.2, 0.25) is 0 Å². The van der Waals surface area contributed by atoms with E-state index >= 15 is 0 Å². The van der Waals surface area contributed by atoms with Crippen molar-refractivity contribution in [3.8, 4) is 5.69 Å². The van der Waals surface area contributed by atoms with E-state index in [1.165, 1.54) is 6.07 Å². The molecule has 0 fully saturated rings. The summed E-state index contributed by atoms with van der Waals surface area (Å²) < 4.78 is 30.0. The predicted molar refractivity (Wildman–Crippen MR) is 106 cm³/mol. The lowest BCUT2D eigenvalue weighted by molar-refractivity contribution is -0.142. The molecule has 0 spiro atoms. The van der Waals surface area contributed by atoms with Crippen LogP contribution in [-0.4, -0.2) is 37.0 Å². The van der Waals surface area contributed by atoms with Crippen LogP contribution < -0.4 is 0 Å². The predicted octanol–water partition coefficient (Wildman–Crippen LogP) is 4.44. The summed E-state index contributed by atoms with van der Waals surface area (Å²) in [4.78, 5) is 15.8. The molecule has 0 radical (unpaired) electrons. The number of alkyl halides is 1. The molecule has 1 aromatic carbocycles. The Hall–Kier alpha value is -3.29. The number of halogens is 2. The fourth-order valence-corrected chi connectivity index (χ4v) is 3.77. The largest absolute Gasteiger partial charge is 0.479 e. The van der Waals surface area contributed by atoms with Crippen molar-refractivity contribution >= 4 is 28.0 Å². The first-order valence-electron chi connectivity index (χ1n) is 9.28. The Balaban J connectivity index is 2.10. The molecule has 3 aromatic heterocycles. The third-order valence-electron chi connectivity index (χ3n) is 5.08. The maximum Gasteiger partial charge on any atom is 0.338 e. The highest BCUT2D eigenvalue weighted by Crippen LogP contribution is 2.36. The van der Waals surface area contributed by atoms with Gasteiger partial charge in [0.15, 0.2) is 5.65 Å². The van der Waals surface area contributed by atoms with Gasteiger partial charge in [0.05, 0.1) is 17.2 Å². The minimum atomic E-state index is -2.05. The maximum absolute atomic E-state index is 14.3.